The van der Waals surface area contributed by atoms with Gasteiger partial charge >= 0.3 is 5.97 Å². The van der Waals surface area contributed by atoms with Crippen LogP contribution in [0.3, 0.4) is 0 Å². The maximum absolute atomic E-state index is 11.9. The number of halogens is 1. The van der Waals surface area contributed by atoms with E-state index in [0.29, 0.717) is 16.3 Å². The third-order valence-electron chi connectivity index (χ3n) is 3.15. The highest BCUT2D eigenvalue weighted by Gasteiger charge is 2.25. The third kappa shape index (κ3) is 2.12. The van der Waals surface area contributed by atoms with Gasteiger partial charge in [0, 0.05) is 0 Å². The number of esters is 1. The molecule has 1 aromatic carbocycles. The minimum absolute atomic E-state index is 0.373. The molecule has 0 saturated heterocycles. The second kappa shape index (κ2) is 4.96. The molecule has 3 nitrogen and oxygen atoms in total. The molecule has 1 aliphatic carbocycles. The lowest BCUT2D eigenvalue weighted by Gasteiger charge is -2.21. The zero-order valence-corrected chi connectivity index (χ0v) is 10.8. The van der Waals surface area contributed by atoms with Gasteiger partial charge in [0.15, 0.2) is 5.75 Å². The van der Waals surface area contributed by atoms with Crippen LogP contribution in [0.5, 0.6) is 5.75 Å². The van der Waals surface area contributed by atoms with E-state index >= 15 is 0 Å². The van der Waals surface area contributed by atoms with Crippen LogP contribution in [0.25, 0.3) is 0 Å². The molecule has 0 spiro atoms. The van der Waals surface area contributed by atoms with Gasteiger partial charge in [0.1, 0.15) is 5.56 Å². The van der Waals surface area contributed by atoms with E-state index in [2.05, 4.69) is 0 Å². The van der Waals surface area contributed by atoms with E-state index in [1.54, 1.807) is 0 Å². The molecular weight excluding hydrogens is 240 g/mol. The number of rotatable bonds is 2. The summed E-state index contributed by atoms with van der Waals surface area (Å²) in [6, 6.07) is 1.90. The Morgan fingerprint density at radius 3 is 2.65 bits per heavy atom. The minimum Gasteiger partial charge on any atom is -0.494 e. The van der Waals surface area contributed by atoms with Crippen LogP contribution in [0, 0.1) is 0 Å². The second-order valence-corrected chi connectivity index (χ2v) is 4.51. The van der Waals surface area contributed by atoms with Crippen LogP contribution >= 0.6 is 11.6 Å². The Balaban J connectivity index is 2.65. The topological polar surface area (TPSA) is 35.5 Å². The summed E-state index contributed by atoms with van der Waals surface area (Å²) >= 11 is 6.13. The van der Waals surface area contributed by atoms with Crippen LogP contribution in [-0.2, 0) is 17.6 Å². The smallest absolute Gasteiger partial charge is 0.341 e. The summed E-state index contributed by atoms with van der Waals surface area (Å²) in [5.41, 5.74) is 2.67. The standard InChI is InChI=1S/C13H15ClO3/c1-16-12-10(14)7-8-5-3-4-6-9(8)11(12)13(15)17-2/h7H,3-6H2,1-2H3. The Bertz CT molecular complexity index is 454. The Kier molecular flexibility index (Phi) is 3.57. The van der Waals surface area contributed by atoms with Gasteiger partial charge < -0.3 is 9.47 Å². The Labute approximate surface area is 106 Å². The maximum atomic E-state index is 11.9. The summed E-state index contributed by atoms with van der Waals surface area (Å²) in [5.74, 6) is 0.0571. The van der Waals surface area contributed by atoms with Gasteiger partial charge in [0.25, 0.3) is 0 Å². The first-order valence-electron chi connectivity index (χ1n) is 5.65. The number of fused-ring (bicyclic) bond motifs is 1. The molecule has 0 aliphatic heterocycles. The molecule has 0 heterocycles. The molecule has 0 saturated carbocycles. The first kappa shape index (κ1) is 12.2. The van der Waals surface area contributed by atoms with Gasteiger partial charge in [-0.1, -0.05) is 11.6 Å². The summed E-state index contributed by atoms with van der Waals surface area (Å²) in [6.07, 6.45) is 4.06. The van der Waals surface area contributed by atoms with Gasteiger partial charge in [-0.3, -0.25) is 0 Å². The highest BCUT2D eigenvalue weighted by molar-refractivity contribution is 6.32. The number of methoxy groups -OCH3 is 2. The normalized spacial score (nSPS) is 14.1. The summed E-state index contributed by atoms with van der Waals surface area (Å²) in [7, 11) is 2.89. The molecule has 0 atom stereocenters. The van der Waals surface area contributed by atoms with Crippen molar-refractivity contribution in [2.45, 2.75) is 25.7 Å². The van der Waals surface area contributed by atoms with Crippen LogP contribution in [0.1, 0.15) is 34.3 Å². The molecule has 1 aliphatic rings. The van der Waals surface area contributed by atoms with Crippen LogP contribution < -0.4 is 4.74 Å². The van der Waals surface area contributed by atoms with Crippen molar-refractivity contribution in [2.24, 2.45) is 0 Å². The van der Waals surface area contributed by atoms with Crippen LogP contribution in [0.15, 0.2) is 6.07 Å². The zero-order valence-electron chi connectivity index (χ0n) is 10.0. The molecule has 0 bridgehead atoms. The lowest BCUT2D eigenvalue weighted by atomic mass is 9.87. The van der Waals surface area contributed by atoms with Gasteiger partial charge in [-0.25, -0.2) is 4.79 Å². The Hall–Kier alpha value is -1.22. The summed E-state index contributed by atoms with van der Waals surface area (Å²) in [6.45, 7) is 0. The van der Waals surface area contributed by atoms with Gasteiger partial charge in [-0.15, -0.1) is 0 Å². The predicted octanol–water partition coefficient (Wildman–Crippen LogP) is 3.01. The fraction of sp³-hybridized carbons (Fsp3) is 0.462. The largest absolute Gasteiger partial charge is 0.494 e. The van der Waals surface area contributed by atoms with E-state index < -0.39 is 0 Å². The first-order valence-corrected chi connectivity index (χ1v) is 6.03. The molecule has 17 heavy (non-hydrogen) atoms. The van der Waals surface area contributed by atoms with Crippen molar-refractivity contribution in [2.75, 3.05) is 14.2 Å². The molecule has 0 aromatic heterocycles. The molecule has 0 amide bonds. The molecule has 92 valence electrons. The van der Waals surface area contributed by atoms with Gasteiger partial charge in [-0.2, -0.15) is 0 Å². The fourth-order valence-electron chi connectivity index (χ4n) is 2.37. The molecule has 0 unspecified atom stereocenters. The monoisotopic (exact) mass is 254 g/mol. The van der Waals surface area contributed by atoms with Gasteiger partial charge in [-0.05, 0) is 42.9 Å². The molecule has 0 radical (unpaired) electrons. The van der Waals surface area contributed by atoms with Crippen molar-refractivity contribution in [3.8, 4) is 5.75 Å². The Morgan fingerprint density at radius 2 is 2.00 bits per heavy atom. The lowest BCUT2D eigenvalue weighted by Crippen LogP contribution is -2.14. The number of hydrogen-bond donors (Lipinski definition) is 0. The molecular formula is C13H15ClO3. The SMILES string of the molecule is COC(=O)c1c2c(cc(Cl)c1OC)CCCC2. The number of carbonyl (C=O) groups is 1. The van der Waals surface area contributed by atoms with Gasteiger partial charge in [0.2, 0.25) is 0 Å². The Morgan fingerprint density at radius 1 is 1.29 bits per heavy atom. The van der Waals surface area contributed by atoms with E-state index in [1.165, 1.54) is 14.2 Å². The average molecular weight is 255 g/mol. The molecule has 4 heteroatoms. The lowest BCUT2D eigenvalue weighted by molar-refractivity contribution is 0.0595. The van der Waals surface area contributed by atoms with Gasteiger partial charge in [0.05, 0.1) is 19.2 Å². The highest BCUT2D eigenvalue weighted by atomic mass is 35.5. The van der Waals surface area contributed by atoms with Crippen molar-refractivity contribution in [1.82, 2.24) is 0 Å². The molecule has 1 aromatic rings. The average Bonchev–Trinajstić information content (AvgIpc) is 2.36. The quantitative estimate of drug-likeness (QED) is 0.761. The van der Waals surface area contributed by atoms with E-state index in [-0.39, 0.29) is 5.97 Å². The van der Waals surface area contributed by atoms with Crippen molar-refractivity contribution in [3.05, 3.63) is 27.8 Å². The van der Waals surface area contributed by atoms with E-state index in [1.807, 2.05) is 6.07 Å². The van der Waals surface area contributed by atoms with Crippen molar-refractivity contribution >= 4 is 17.6 Å². The van der Waals surface area contributed by atoms with Crippen molar-refractivity contribution < 1.29 is 14.3 Å². The molecule has 2 rings (SSSR count). The van der Waals surface area contributed by atoms with E-state index in [9.17, 15) is 4.79 Å². The third-order valence-corrected chi connectivity index (χ3v) is 3.43. The number of ether oxygens (including phenoxy) is 2. The first-order chi connectivity index (χ1) is 8.19. The predicted molar refractivity (Wildman–Crippen MR) is 66.0 cm³/mol. The van der Waals surface area contributed by atoms with E-state index in [0.717, 1.165) is 36.8 Å². The maximum Gasteiger partial charge on any atom is 0.341 e. The van der Waals surface area contributed by atoms with Crippen LogP contribution in [-0.4, -0.2) is 20.2 Å². The number of carbonyl (C=O) groups excluding carboxylic acids is 1. The summed E-state index contributed by atoms with van der Waals surface area (Å²) in [4.78, 5) is 11.9. The van der Waals surface area contributed by atoms with Crippen LogP contribution in [0.4, 0.5) is 0 Å². The number of aryl methyl sites for hydroxylation is 1. The second-order valence-electron chi connectivity index (χ2n) is 4.10. The number of hydrogen-bond acceptors (Lipinski definition) is 3. The molecule has 0 fully saturated rings. The zero-order chi connectivity index (χ0) is 12.4. The summed E-state index contributed by atoms with van der Waals surface area (Å²) < 4.78 is 10.1. The fourth-order valence-corrected chi connectivity index (χ4v) is 2.67. The number of benzene rings is 1. The van der Waals surface area contributed by atoms with E-state index in [4.69, 9.17) is 21.1 Å². The van der Waals surface area contributed by atoms with Crippen molar-refractivity contribution in [1.29, 1.82) is 0 Å². The molecule has 0 N–H and O–H groups in total. The highest BCUT2D eigenvalue weighted by Crippen LogP contribution is 2.37. The van der Waals surface area contributed by atoms with Crippen LogP contribution in [0.2, 0.25) is 5.02 Å². The minimum atomic E-state index is -0.373. The van der Waals surface area contributed by atoms with Crippen molar-refractivity contribution in [3.63, 3.8) is 0 Å². The summed E-state index contributed by atoms with van der Waals surface area (Å²) in [5, 5.41) is 0.480.